The Labute approximate surface area is 144 Å². The van der Waals surface area contributed by atoms with Gasteiger partial charge in [0, 0.05) is 6.54 Å². The van der Waals surface area contributed by atoms with Gasteiger partial charge in [0.25, 0.3) is 0 Å². The van der Waals surface area contributed by atoms with E-state index in [1.54, 1.807) is 0 Å². The predicted octanol–water partition coefficient (Wildman–Crippen LogP) is 3.63. The maximum atomic E-state index is 13.2. The Morgan fingerprint density at radius 1 is 1.04 bits per heavy atom. The fourth-order valence-electron chi connectivity index (χ4n) is 3.43. The van der Waals surface area contributed by atoms with Gasteiger partial charge in [-0.3, -0.25) is 4.79 Å². The van der Waals surface area contributed by atoms with E-state index < -0.39 is 5.41 Å². The highest BCUT2D eigenvalue weighted by atomic mass is 16.5. The summed E-state index contributed by atoms with van der Waals surface area (Å²) in [5, 5.41) is 0. The first-order valence-corrected chi connectivity index (χ1v) is 8.61. The molecule has 1 aliphatic heterocycles. The average molecular weight is 323 g/mol. The van der Waals surface area contributed by atoms with Crippen molar-refractivity contribution in [1.29, 1.82) is 0 Å². The first-order valence-electron chi connectivity index (χ1n) is 8.61. The first kappa shape index (κ1) is 16.7. The number of nitrogens with zero attached hydrogens (tertiary/aromatic N) is 1. The van der Waals surface area contributed by atoms with Crippen molar-refractivity contribution in [2.24, 2.45) is 0 Å². The van der Waals surface area contributed by atoms with E-state index >= 15 is 0 Å². The van der Waals surface area contributed by atoms with Gasteiger partial charge in [0.05, 0.1) is 0 Å². The zero-order valence-electron chi connectivity index (χ0n) is 14.4. The average Bonchev–Trinajstić information content (AvgIpc) is 2.62. The molecule has 0 amide bonds. The Morgan fingerprint density at radius 3 is 2.08 bits per heavy atom. The van der Waals surface area contributed by atoms with Crippen molar-refractivity contribution in [1.82, 2.24) is 4.90 Å². The topological polar surface area (TPSA) is 29.5 Å². The fraction of sp³-hybridized carbons (Fsp3) is 0.381. The van der Waals surface area contributed by atoms with Crippen LogP contribution in [0.15, 0.2) is 60.7 Å². The molecule has 1 aliphatic rings. The number of rotatable bonds is 4. The van der Waals surface area contributed by atoms with Crippen molar-refractivity contribution < 1.29 is 9.53 Å². The minimum Gasteiger partial charge on any atom is -0.460 e. The lowest BCUT2D eigenvalue weighted by molar-refractivity contribution is -0.156. The summed E-state index contributed by atoms with van der Waals surface area (Å²) >= 11 is 0. The molecule has 126 valence electrons. The largest absolute Gasteiger partial charge is 0.460 e. The minimum atomic E-state index is -0.793. The van der Waals surface area contributed by atoms with E-state index in [0.717, 1.165) is 37.1 Å². The van der Waals surface area contributed by atoms with Crippen LogP contribution in [-0.4, -0.2) is 37.1 Å². The van der Waals surface area contributed by atoms with Crippen LogP contribution in [0.4, 0.5) is 0 Å². The fourth-order valence-corrected chi connectivity index (χ4v) is 3.43. The number of carbonyl (C=O) groups is 1. The van der Waals surface area contributed by atoms with Crippen LogP contribution in [0.25, 0.3) is 0 Å². The number of hydrogen-bond donors (Lipinski definition) is 0. The summed E-state index contributed by atoms with van der Waals surface area (Å²) in [6, 6.07) is 19.8. The Bertz CT molecular complexity index is 629. The molecule has 1 unspecified atom stereocenters. The van der Waals surface area contributed by atoms with Crippen LogP contribution in [0, 0.1) is 0 Å². The third kappa shape index (κ3) is 3.36. The predicted molar refractivity (Wildman–Crippen MR) is 95.9 cm³/mol. The molecule has 0 saturated carbocycles. The van der Waals surface area contributed by atoms with Gasteiger partial charge >= 0.3 is 5.97 Å². The number of ether oxygens (including phenoxy) is 1. The van der Waals surface area contributed by atoms with Crippen molar-refractivity contribution in [3.63, 3.8) is 0 Å². The SMILES string of the molecule is CN1CCCC(OC(=O)C(C)(c2ccccc2)c2ccccc2)C1. The summed E-state index contributed by atoms with van der Waals surface area (Å²) in [5.41, 5.74) is 1.13. The van der Waals surface area contributed by atoms with Crippen LogP contribution < -0.4 is 0 Å². The Morgan fingerprint density at radius 2 is 1.58 bits per heavy atom. The molecule has 2 aromatic carbocycles. The first-order chi connectivity index (χ1) is 11.6. The lowest BCUT2D eigenvalue weighted by Crippen LogP contribution is -2.43. The van der Waals surface area contributed by atoms with Crippen molar-refractivity contribution in [3.8, 4) is 0 Å². The van der Waals surface area contributed by atoms with Gasteiger partial charge < -0.3 is 9.64 Å². The zero-order chi connectivity index (χ0) is 17.0. The maximum absolute atomic E-state index is 13.2. The van der Waals surface area contributed by atoms with Crippen molar-refractivity contribution in [2.75, 3.05) is 20.1 Å². The van der Waals surface area contributed by atoms with Crippen LogP contribution in [0.1, 0.15) is 30.9 Å². The summed E-state index contributed by atoms with van der Waals surface area (Å²) in [5.74, 6) is -0.166. The van der Waals surface area contributed by atoms with Crippen molar-refractivity contribution >= 4 is 5.97 Å². The smallest absolute Gasteiger partial charge is 0.321 e. The molecule has 0 N–H and O–H groups in total. The number of benzene rings is 2. The molecule has 0 aromatic heterocycles. The molecule has 0 spiro atoms. The highest BCUT2D eigenvalue weighted by molar-refractivity contribution is 5.87. The van der Waals surface area contributed by atoms with E-state index in [2.05, 4.69) is 11.9 Å². The van der Waals surface area contributed by atoms with Gasteiger partial charge in [-0.1, -0.05) is 60.7 Å². The van der Waals surface area contributed by atoms with E-state index in [0.29, 0.717) is 0 Å². The Balaban J connectivity index is 1.91. The van der Waals surface area contributed by atoms with Crippen molar-refractivity contribution in [3.05, 3.63) is 71.8 Å². The molecule has 3 rings (SSSR count). The summed E-state index contributed by atoms with van der Waals surface area (Å²) < 4.78 is 5.96. The summed E-state index contributed by atoms with van der Waals surface area (Å²) in [7, 11) is 2.08. The molecule has 1 heterocycles. The Hall–Kier alpha value is -2.13. The minimum absolute atomic E-state index is 0.0250. The maximum Gasteiger partial charge on any atom is 0.321 e. The normalized spacial score (nSPS) is 19.0. The Kier molecular flexibility index (Phi) is 5.00. The summed E-state index contributed by atoms with van der Waals surface area (Å²) in [6.45, 7) is 3.85. The number of piperidine rings is 1. The molecule has 0 aliphatic carbocycles. The number of carbonyl (C=O) groups excluding carboxylic acids is 1. The zero-order valence-corrected chi connectivity index (χ0v) is 14.4. The van der Waals surface area contributed by atoms with E-state index in [1.165, 1.54) is 0 Å². The van der Waals surface area contributed by atoms with Gasteiger partial charge in [0.15, 0.2) is 0 Å². The monoisotopic (exact) mass is 323 g/mol. The van der Waals surface area contributed by atoms with Gasteiger partial charge in [-0.2, -0.15) is 0 Å². The molecular formula is C21H25NO2. The lowest BCUT2D eigenvalue weighted by Gasteiger charge is -2.34. The summed E-state index contributed by atoms with van der Waals surface area (Å²) in [6.07, 6.45) is 1.99. The summed E-state index contributed by atoms with van der Waals surface area (Å²) in [4.78, 5) is 15.4. The van der Waals surface area contributed by atoms with E-state index in [1.807, 2.05) is 67.6 Å². The number of likely N-dealkylation sites (tertiary alicyclic amines) is 1. The second-order valence-electron chi connectivity index (χ2n) is 6.79. The van der Waals surface area contributed by atoms with E-state index in [-0.39, 0.29) is 12.1 Å². The molecule has 1 atom stereocenters. The lowest BCUT2D eigenvalue weighted by atomic mass is 9.76. The van der Waals surface area contributed by atoms with Gasteiger partial charge in [-0.15, -0.1) is 0 Å². The third-order valence-corrected chi connectivity index (χ3v) is 4.97. The highest BCUT2D eigenvalue weighted by Crippen LogP contribution is 2.34. The number of hydrogen-bond acceptors (Lipinski definition) is 3. The molecule has 24 heavy (non-hydrogen) atoms. The van der Waals surface area contributed by atoms with Crippen LogP contribution in [0.3, 0.4) is 0 Å². The van der Waals surface area contributed by atoms with Gasteiger partial charge in [0.2, 0.25) is 0 Å². The molecular weight excluding hydrogens is 298 g/mol. The highest BCUT2D eigenvalue weighted by Gasteiger charge is 2.40. The van der Waals surface area contributed by atoms with Gasteiger partial charge in [-0.25, -0.2) is 0 Å². The van der Waals surface area contributed by atoms with Gasteiger partial charge in [-0.05, 0) is 44.5 Å². The molecule has 3 nitrogen and oxygen atoms in total. The van der Waals surface area contributed by atoms with Crippen LogP contribution in [0.5, 0.6) is 0 Å². The molecule has 3 heteroatoms. The molecule has 0 bridgehead atoms. The molecule has 1 fully saturated rings. The molecule has 0 radical (unpaired) electrons. The van der Waals surface area contributed by atoms with Crippen LogP contribution >= 0.6 is 0 Å². The quantitative estimate of drug-likeness (QED) is 0.805. The second-order valence-corrected chi connectivity index (χ2v) is 6.79. The van der Waals surface area contributed by atoms with Crippen LogP contribution in [0.2, 0.25) is 0 Å². The van der Waals surface area contributed by atoms with Gasteiger partial charge in [0.1, 0.15) is 11.5 Å². The standard InChI is InChI=1S/C21H25NO2/c1-21(17-10-5-3-6-11-17,18-12-7-4-8-13-18)20(23)24-19-14-9-15-22(2)16-19/h3-8,10-13,19H,9,14-16H2,1-2H3. The number of likely N-dealkylation sites (N-methyl/N-ethyl adjacent to an activating group) is 1. The van der Waals surface area contributed by atoms with E-state index in [4.69, 9.17) is 4.74 Å². The number of esters is 1. The van der Waals surface area contributed by atoms with E-state index in [9.17, 15) is 4.79 Å². The third-order valence-electron chi connectivity index (χ3n) is 4.97. The van der Waals surface area contributed by atoms with Crippen molar-refractivity contribution in [2.45, 2.75) is 31.3 Å². The van der Waals surface area contributed by atoms with Crippen LogP contribution in [-0.2, 0) is 14.9 Å². The second kappa shape index (κ2) is 7.18. The molecule has 2 aromatic rings. The molecule has 1 saturated heterocycles.